The zero-order chi connectivity index (χ0) is 17.9. The van der Waals surface area contributed by atoms with Crippen LogP contribution in [0.25, 0.3) is 10.9 Å². The molecule has 6 heteroatoms. The minimum atomic E-state index is -0.830. The van der Waals surface area contributed by atoms with Gasteiger partial charge in [0.15, 0.2) is 0 Å². The van der Waals surface area contributed by atoms with Gasteiger partial charge < -0.3 is 20.1 Å². The summed E-state index contributed by atoms with van der Waals surface area (Å²) in [6, 6.07) is 6.11. The Morgan fingerprint density at radius 3 is 2.80 bits per heavy atom. The molecule has 0 saturated carbocycles. The first-order chi connectivity index (χ1) is 12.0. The maximum Gasteiger partial charge on any atom is 0.303 e. The number of carbonyl (C=O) groups excluding carboxylic acids is 1. The predicted octanol–water partition coefficient (Wildman–Crippen LogP) is 2.41. The topological polar surface area (TPSA) is 91.4 Å². The molecule has 1 aliphatic rings. The van der Waals surface area contributed by atoms with Crippen LogP contribution in [0.2, 0.25) is 0 Å². The van der Waals surface area contributed by atoms with Gasteiger partial charge in [0.25, 0.3) is 0 Å². The van der Waals surface area contributed by atoms with Crippen LogP contribution in [-0.4, -0.2) is 41.7 Å². The summed E-state index contributed by atoms with van der Waals surface area (Å²) in [6.45, 7) is 3.50. The van der Waals surface area contributed by atoms with Crippen LogP contribution in [0.4, 0.5) is 0 Å². The number of ether oxygens (including phenoxy) is 1. The second-order valence-electron chi connectivity index (χ2n) is 7.00. The van der Waals surface area contributed by atoms with Crippen LogP contribution in [0, 0.1) is 12.3 Å². The van der Waals surface area contributed by atoms with E-state index in [0.29, 0.717) is 32.6 Å². The van der Waals surface area contributed by atoms with Crippen molar-refractivity contribution in [2.24, 2.45) is 5.41 Å². The molecule has 2 aromatic rings. The molecule has 6 nitrogen and oxygen atoms in total. The summed E-state index contributed by atoms with van der Waals surface area (Å²) < 4.78 is 5.35. The highest BCUT2D eigenvalue weighted by Gasteiger charge is 2.35. The molecule has 0 unspecified atom stereocenters. The fraction of sp³-hybridized carbons (Fsp3) is 0.474. The van der Waals surface area contributed by atoms with Crippen molar-refractivity contribution in [2.75, 3.05) is 19.8 Å². The molecule has 1 amide bonds. The molecule has 1 saturated heterocycles. The van der Waals surface area contributed by atoms with E-state index < -0.39 is 11.4 Å². The quantitative estimate of drug-likeness (QED) is 0.750. The van der Waals surface area contributed by atoms with Crippen molar-refractivity contribution in [3.05, 3.63) is 35.5 Å². The van der Waals surface area contributed by atoms with E-state index in [1.54, 1.807) is 0 Å². The molecule has 0 radical (unpaired) electrons. The van der Waals surface area contributed by atoms with Crippen molar-refractivity contribution < 1.29 is 19.4 Å². The molecule has 25 heavy (non-hydrogen) atoms. The van der Waals surface area contributed by atoms with E-state index in [2.05, 4.69) is 16.4 Å². The van der Waals surface area contributed by atoms with Gasteiger partial charge in [-0.25, -0.2) is 0 Å². The Morgan fingerprint density at radius 1 is 1.32 bits per heavy atom. The molecular weight excluding hydrogens is 320 g/mol. The summed E-state index contributed by atoms with van der Waals surface area (Å²) in [7, 11) is 0. The number of H-pyrrole nitrogens is 1. The Balaban J connectivity index is 1.63. The number of rotatable bonds is 6. The molecule has 0 aliphatic carbocycles. The number of carboxylic acid groups (broad SMARTS) is 1. The van der Waals surface area contributed by atoms with Gasteiger partial charge in [-0.05, 0) is 37.0 Å². The van der Waals surface area contributed by atoms with Crippen molar-refractivity contribution in [2.45, 2.75) is 32.6 Å². The van der Waals surface area contributed by atoms with E-state index in [1.807, 2.05) is 25.3 Å². The minimum absolute atomic E-state index is 0.0585. The Labute approximate surface area is 146 Å². The number of nitrogens with one attached hydrogen (secondary N) is 2. The maximum atomic E-state index is 12.4. The van der Waals surface area contributed by atoms with Gasteiger partial charge in [-0.1, -0.05) is 12.1 Å². The lowest BCUT2D eigenvalue weighted by molar-refractivity contribution is -0.142. The summed E-state index contributed by atoms with van der Waals surface area (Å²) in [5.74, 6) is -0.916. The number of hydrogen-bond acceptors (Lipinski definition) is 3. The lowest BCUT2D eigenvalue weighted by Crippen LogP contribution is -2.43. The van der Waals surface area contributed by atoms with Crippen LogP contribution in [0.15, 0.2) is 24.4 Å². The SMILES string of the molecule is Cc1ccc2c(CC(=O)NCC3(CC(=O)O)CCOCC3)c[nH]c2c1. The number of carboxylic acids is 1. The molecule has 3 N–H and O–H groups in total. The first kappa shape index (κ1) is 17.5. The summed E-state index contributed by atoms with van der Waals surface area (Å²) in [5, 5.41) is 13.2. The molecule has 134 valence electrons. The Kier molecular flexibility index (Phi) is 5.08. The number of aliphatic carboxylic acids is 1. The highest BCUT2D eigenvalue weighted by molar-refractivity contribution is 5.89. The number of fused-ring (bicyclic) bond motifs is 1. The number of aromatic amines is 1. The number of benzene rings is 1. The number of aromatic nitrogens is 1. The largest absolute Gasteiger partial charge is 0.481 e. The average Bonchev–Trinajstić information content (AvgIpc) is 2.95. The summed E-state index contributed by atoms with van der Waals surface area (Å²) in [5.41, 5.74) is 2.73. The molecular formula is C19H24N2O4. The van der Waals surface area contributed by atoms with E-state index in [-0.39, 0.29) is 18.7 Å². The highest BCUT2D eigenvalue weighted by Crippen LogP contribution is 2.33. The van der Waals surface area contributed by atoms with Gasteiger partial charge in [0.1, 0.15) is 0 Å². The van der Waals surface area contributed by atoms with Crippen LogP contribution in [0.3, 0.4) is 0 Å². The van der Waals surface area contributed by atoms with Crippen LogP contribution < -0.4 is 5.32 Å². The zero-order valence-electron chi connectivity index (χ0n) is 14.4. The van der Waals surface area contributed by atoms with Gasteiger partial charge in [-0.3, -0.25) is 9.59 Å². The van der Waals surface area contributed by atoms with E-state index in [9.17, 15) is 14.7 Å². The van der Waals surface area contributed by atoms with Gasteiger partial charge in [-0.2, -0.15) is 0 Å². The summed E-state index contributed by atoms with van der Waals surface area (Å²) in [4.78, 5) is 26.8. The van der Waals surface area contributed by atoms with E-state index in [1.165, 1.54) is 5.56 Å². The monoisotopic (exact) mass is 344 g/mol. The fourth-order valence-electron chi connectivity index (χ4n) is 3.51. The molecule has 0 atom stereocenters. The van der Waals surface area contributed by atoms with E-state index >= 15 is 0 Å². The summed E-state index contributed by atoms with van der Waals surface area (Å²) in [6.07, 6.45) is 3.52. The van der Waals surface area contributed by atoms with Crippen molar-refractivity contribution in [3.8, 4) is 0 Å². The van der Waals surface area contributed by atoms with Gasteiger partial charge in [0.05, 0.1) is 12.8 Å². The second-order valence-corrected chi connectivity index (χ2v) is 7.00. The maximum absolute atomic E-state index is 12.4. The lowest BCUT2D eigenvalue weighted by Gasteiger charge is -2.36. The minimum Gasteiger partial charge on any atom is -0.481 e. The van der Waals surface area contributed by atoms with Crippen LogP contribution in [0.1, 0.15) is 30.4 Å². The predicted molar refractivity (Wildman–Crippen MR) is 94.5 cm³/mol. The number of amides is 1. The highest BCUT2D eigenvalue weighted by atomic mass is 16.5. The Bertz CT molecular complexity index is 775. The Hall–Kier alpha value is -2.34. The van der Waals surface area contributed by atoms with Gasteiger partial charge in [-0.15, -0.1) is 0 Å². The molecule has 1 aromatic heterocycles. The van der Waals surface area contributed by atoms with Crippen LogP contribution in [-0.2, 0) is 20.7 Å². The fourth-order valence-corrected chi connectivity index (χ4v) is 3.51. The van der Waals surface area contributed by atoms with Crippen molar-refractivity contribution in [1.29, 1.82) is 0 Å². The van der Waals surface area contributed by atoms with Crippen molar-refractivity contribution in [1.82, 2.24) is 10.3 Å². The van der Waals surface area contributed by atoms with E-state index in [4.69, 9.17) is 4.74 Å². The summed E-state index contributed by atoms with van der Waals surface area (Å²) >= 11 is 0. The van der Waals surface area contributed by atoms with E-state index in [0.717, 1.165) is 16.5 Å². The molecule has 3 rings (SSSR count). The number of aryl methyl sites for hydroxylation is 1. The number of carbonyl (C=O) groups is 2. The first-order valence-electron chi connectivity index (χ1n) is 8.60. The Morgan fingerprint density at radius 2 is 2.08 bits per heavy atom. The number of hydrogen-bond donors (Lipinski definition) is 3. The molecule has 1 fully saturated rings. The normalized spacial score (nSPS) is 16.7. The molecule has 1 aromatic carbocycles. The van der Waals surface area contributed by atoms with Crippen molar-refractivity contribution in [3.63, 3.8) is 0 Å². The first-order valence-corrected chi connectivity index (χ1v) is 8.60. The average molecular weight is 344 g/mol. The molecule has 0 bridgehead atoms. The van der Waals surface area contributed by atoms with Crippen molar-refractivity contribution >= 4 is 22.8 Å². The zero-order valence-corrected chi connectivity index (χ0v) is 14.4. The molecule has 0 spiro atoms. The van der Waals surface area contributed by atoms with Crippen LogP contribution in [0.5, 0.6) is 0 Å². The third kappa shape index (κ3) is 4.20. The van der Waals surface area contributed by atoms with Gasteiger partial charge in [0, 0.05) is 42.3 Å². The standard InChI is InChI=1S/C19H24N2O4/c1-13-2-3-15-14(11-20-16(15)8-13)9-17(22)21-12-19(10-18(23)24)4-6-25-7-5-19/h2-3,8,11,20H,4-7,9-10,12H2,1H3,(H,21,22)(H,23,24). The van der Waals surface area contributed by atoms with Crippen LogP contribution >= 0.6 is 0 Å². The molecule has 2 heterocycles. The second kappa shape index (κ2) is 7.27. The smallest absolute Gasteiger partial charge is 0.303 e. The molecule has 1 aliphatic heterocycles. The van der Waals surface area contributed by atoms with Gasteiger partial charge in [0.2, 0.25) is 5.91 Å². The third-order valence-corrected chi connectivity index (χ3v) is 5.01. The lowest BCUT2D eigenvalue weighted by atomic mass is 9.77. The van der Waals surface area contributed by atoms with Gasteiger partial charge >= 0.3 is 5.97 Å². The third-order valence-electron chi connectivity index (χ3n) is 5.01.